The summed E-state index contributed by atoms with van der Waals surface area (Å²) in [6.45, 7) is 1.70. The number of thiazole rings is 1. The second-order valence-corrected chi connectivity index (χ2v) is 10.4. The van der Waals surface area contributed by atoms with Gasteiger partial charge in [-0.05, 0) is 78.3 Å². The molecule has 6 nitrogen and oxygen atoms in total. The van der Waals surface area contributed by atoms with Crippen molar-refractivity contribution in [3.05, 3.63) is 47.7 Å². The van der Waals surface area contributed by atoms with Crippen LogP contribution < -0.4 is 10.6 Å². The molecule has 0 saturated heterocycles. The quantitative estimate of drug-likeness (QED) is 0.446. The van der Waals surface area contributed by atoms with Crippen LogP contribution in [0.1, 0.15) is 49.3 Å². The maximum Gasteiger partial charge on any atom is 0.224 e. The molecule has 1 aliphatic heterocycles. The molecule has 4 aromatic rings. The maximum absolute atomic E-state index is 13.2. The van der Waals surface area contributed by atoms with Gasteiger partial charge in [0.15, 0.2) is 5.13 Å². The first-order valence-corrected chi connectivity index (χ1v) is 11.8. The highest BCUT2D eigenvalue weighted by Gasteiger charge is 2.56. The molecule has 0 radical (unpaired) electrons. The van der Waals surface area contributed by atoms with Gasteiger partial charge in [0.25, 0.3) is 0 Å². The molecular formula is C24H23N5OS. The number of H-pyrrole nitrogens is 1. The summed E-state index contributed by atoms with van der Waals surface area (Å²) in [5.74, 6) is 2.34. The minimum atomic E-state index is 0.0439. The third-order valence-corrected chi connectivity index (χ3v) is 8.82. The number of carbonyl (C=O) groups excluding carboxylic acids is 1. The van der Waals surface area contributed by atoms with Crippen molar-refractivity contribution in [3.8, 4) is 0 Å². The summed E-state index contributed by atoms with van der Waals surface area (Å²) in [6, 6.07) is 10.7. The Labute approximate surface area is 183 Å². The fraction of sp³-hybridized carbons (Fsp3) is 0.375. The fourth-order valence-corrected chi connectivity index (χ4v) is 7.79. The molecule has 31 heavy (non-hydrogen) atoms. The minimum Gasteiger partial charge on any atom is -0.375 e. The van der Waals surface area contributed by atoms with E-state index in [4.69, 9.17) is 5.73 Å². The van der Waals surface area contributed by atoms with Crippen LogP contribution in [0, 0.1) is 17.8 Å². The van der Waals surface area contributed by atoms with E-state index in [0.29, 0.717) is 28.8 Å². The van der Waals surface area contributed by atoms with Gasteiger partial charge in [-0.2, -0.15) is 5.10 Å². The van der Waals surface area contributed by atoms with Gasteiger partial charge in [-0.25, -0.2) is 4.98 Å². The highest BCUT2D eigenvalue weighted by Crippen LogP contribution is 2.66. The molecule has 1 amide bonds. The van der Waals surface area contributed by atoms with Gasteiger partial charge in [0, 0.05) is 18.0 Å². The topological polar surface area (TPSA) is 87.9 Å². The predicted octanol–water partition coefficient (Wildman–Crippen LogP) is 4.99. The van der Waals surface area contributed by atoms with Crippen LogP contribution in [0.4, 0.5) is 10.8 Å². The molecule has 2 saturated carbocycles. The number of fused-ring (bicyclic) bond motifs is 10. The first-order chi connectivity index (χ1) is 15.1. The SMILES string of the molecule is CC(=O)N1c2ccc3[nH]ncc3c2[C@H]2C3CCC(C3)[C@H]2C1c1ccc2nc(N)sc2c1. The molecule has 2 aromatic carbocycles. The lowest BCUT2D eigenvalue weighted by Gasteiger charge is -2.48. The Morgan fingerprint density at radius 1 is 1.23 bits per heavy atom. The van der Waals surface area contributed by atoms with E-state index < -0.39 is 0 Å². The Morgan fingerprint density at radius 2 is 2.10 bits per heavy atom. The fourth-order valence-electron chi connectivity index (χ4n) is 7.01. The van der Waals surface area contributed by atoms with Crippen molar-refractivity contribution in [2.24, 2.45) is 17.8 Å². The number of amides is 1. The summed E-state index contributed by atoms with van der Waals surface area (Å²) in [5, 5.41) is 9.22. The lowest BCUT2D eigenvalue weighted by Crippen LogP contribution is -2.45. The molecule has 2 aliphatic carbocycles. The van der Waals surface area contributed by atoms with E-state index >= 15 is 0 Å². The second-order valence-electron chi connectivity index (χ2n) is 9.38. The highest BCUT2D eigenvalue weighted by atomic mass is 32.1. The largest absolute Gasteiger partial charge is 0.375 e. The molecule has 7 heteroatoms. The van der Waals surface area contributed by atoms with Crippen LogP contribution >= 0.6 is 11.3 Å². The third-order valence-electron chi connectivity index (χ3n) is 7.97. The number of aromatic nitrogens is 3. The van der Waals surface area contributed by atoms with Crippen molar-refractivity contribution in [1.82, 2.24) is 15.2 Å². The van der Waals surface area contributed by atoms with Crippen LogP contribution in [0.5, 0.6) is 0 Å². The number of hydrogen-bond acceptors (Lipinski definition) is 5. The number of nitrogen functional groups attached to an aromatic ring is 1. The van der Waals surface area contributed by atoms with Gasteiger partial charge >= 0.3 is 0 Å². The molecule has 156 valence electrons. The Kier molecular flexibility index (Phi) is 3.47. The van der Waals surface area contributed by atoms with Crippen LogP contribution in [-0.2, 0) is 4.79 Å². The summed E-state index contributed by atoms with van der Waals surface area (Å²) in [7, 11) is 0. The number of aromatic amines is 1. The highest BCUT2D eigenvalue weighted by molar-refractivity contribution is 7.22. The number of nitrogens with two attached hydrogens (primary N) is 1. The molecule has 0 spiro atoms. The van der Waals surface area contributed by atoms with Crippen molar-refractivity contribution in [2.75, 3.05) is 10.6 Å². The standard InChI is InChI=1S/C24H23N5OS/c1-11(30)29-18-7-6-16-15(10-26-28-16)22(18)20-12-2-3-13(8-12)21(20)23(29)14-4-5-17-19(9-14)31-24(25)27-17/h4-7,9-10,12-13,20-21,23H,2-3,8H2,1H3,(H2,25,27)(H,26,28)/t12?,13?,20-,21+,23?/m0/s1. The molecule has 5 atom stereocenters. The molecule has 2 fully saturated rings. The Balaban J connectivity index is 1.50. The zero-order valence-corrected chi connectivity index (χ0v) is 18.0. The van der Waals surface area contributed by atoms with Gasteiger partial charge < -0.3 is 10.6 Å². The molecular weight excluding hydrogens is 406 g/mol. The van der Waals surface area contributed by atoms with Crippen LogP contribution in [0.15, 0.2) is 36.5 Å². The first-order valence-electron chi connectivity index (χ1n) is 11.0. The van der Waals surface area contributed by atoms with Crippen molar-refractivity contribution >= 4 is 49.2 Å². The van der Waals surface area contributed by atoms with Crippen LogP contribution in [0.2, 0.25) is 0 Å². The van der Waals surface area contributed by atoms with E-state index in [-0.39, 0.29) is 11.9 Å². The number of nitrogens with zero attached hydrogens (tertiary/aromatic N) is 3. The van der Waals surface area contributed by atoms with E-state index in [2.05, 4.69) is 50.4 Å². The van der Waals surface area contributed by atoms with E-state index in [1.807, 2.05) is 6.20 Å². The van der Waals surface area contributed by atoms with Crippen molar-refractivity contribution in [1.29, 1.82) is 0 Å². The monoisotopic (exact) mass is 429 g/mol. The minimum absolute atomic E-state index is 0.0439. The molecule has 3 heterocycles. The average Bonchev–Trinajstić information content (AvgIpc) is 3.53. The summed E-state index contributed by atoms with van der Waals surface area (Å²) < 4.78 is 1.09. The number of hydrogen-bond donors (Lipinski definition) is 2. The van der Waals surface area contributed by atoms with Gasteiger partial charge in [-0.1, -0.05) is 17.4 Å². The summed E-state index contributed by atoms with van der Waals surface area (Å²) in [4.78, 5) is 19.6. The Bertz CT molecular complexity index is 1370. The van der Waals surface area contributed by atoms with E-state index in [1.54, 1.807) is 6.92 Å². The van der Waals surface area contributed by atoms with Gasteiger partial charge in [0.1, 0.15) is 0 Å². The van der Waals surface area contributed by atoms with Gasteiger partial charge in [-0.3, -0.25) is 9.89 Å². The zero-order valence-electron chi connectivity index (χ0n) is 17.2. The maximum atomic E-state index is 13.2. The molecule has 3 N–H and O–H groups in total. The Hall–Kier alpha value is -2.93. The van der Waals surface area contributed by atoms with Crippen molar-refractivity contribution < 1.29 is 4.79 Å². The normalized spacial score (nSPS) is 28.9. The molecule has 2 bridgehead atoms. The number of nitrogens with one attached hydrogen (secondary N) is 1. The van der Waals surface area contributed by atoms with Crippen LogP contribution in [0.25, 0.3) is 21.1 Å². The smallest absolute Gasteiger partial charge is 0.224 e. The first kappa shape index (κ1) is 17.7. The number of anilines is 2. The molecule has 3 aliphatic rings. The summed E-state index contributed by atoms with van der Waals surface area (Å²) >= 11 is 1.52. The number of carbonyl (C=O) groups is 1. The predicted molar refractivity (Wildman–Crippen MR) is 123 cm³/mol. The van der Waals surface area contributed by atoms with Gasteiger partial charge in [0.2, 0.25) is 5.91 Å². The molecule has 7 rings (SSSR count). The third kappa shape index (κ3) is 2.30. The zero-order chi connectivity index (χ0) is 20.9. The Morgan fingerprint density at radius 3 is 2.97 bits per heavy atom. The molecule has 3 unspecified atom stereocenters. The average molecular weight is 430 g/mol. The summed E-state index contributed by atoms with van der Waals surface area (Å²) in [6.07, 6.45) is 5.76. The van der Waals surface area contributed by atoms with Gasteiger partial charge in [-0.15, -0.1) is 0 Å². The number of rotatable bonds is 1. The van der Waals surface area contributed by atoms with E-state index in [1.165, 1.54) is 47.1 Å². The van der Waals surface area contributed by atoms with Crippen LogP contribution in [-0.4, -0.2) is 21.1 Å². The van der Waals surface area contributed by atoms with Crippen molar-refractivity contribution in [3.63, 3.8) is 0 Å². The van der Waals surface area contributed by atoms with Crippen molar-refractivity contribution in [2.45, 2.75) is 38.1 Å². The van der Waals surface area contributed by atoms with Crippen LogP contribution in [0.3, 0.4) is 0 Å². The molecule has 2 aromatic heterocycles. The number of benzene rings is 2. The van der Waals surface area contributed by atoms with Gasteiger partial charge in [0.05, 0.1) is 28.0 Å². The summed E-state index contributed by atoms with van der Waals surface area (Å²) in [5.41, 5.74) is 11.6. The lowest BCUT2D eigenvalue weighted by atomic mass is 9.66. The lowest BCUT2D eigenvalue weighted by molar-refractivity contribution is -0.117. The second kappa shape index (κ2) is 6.07. The van der Waals surface area contributed by atoms with E-state index in [0.717, 1.165) is 21.4 Å². The van der Waals surface area contributed by atoms with E-state index in [9.17, 15) is 4.79 Å².